The Bertz CT molecular complexity index is 1420. The highest BCUT2D eigenvalue weighted by Gasteiger charge is 2.31. The van der Waals surface area contributed by atoms with E-state index in [0.717, 1.165) is 16.4 Å². The molecule has 1 fully saturated rings. The summed E-state index contributed by atoms with van der Waals surface area (Å²) in [6, 6.07) is 12.2. The number of carbonyl (C=O) groups is 1. The van der Waals surface area contributed by atoms with Crippen LogP contribution in [0.5, 0.6) is 0 Å². The quantitative estimate of drug-likeness (QED) is 0.230. The largest absolute Gasteiger partial charge is 0.467 e. The van der Waals surface area contributed by atoms with Crippen molar-refractivity contribution in [3.63, 3.8) is 0 Å². The predicted octanol–water partition coefficient (Wildman–Crippen LogP) is 3.53. The first-order chi connectivity index (χ1) is 19.1. The molecule has 3 aromatic rings. The third-order valence-corrected chi connectivity index (χ3v) is 8.56. The molecule has 0 unspecified atom stereocenters. The van der Waals surface area contributed by atoms with Gasteiger partial charge in [0.15, 0.2) is 0 Å². The zero-order chi connectivity index (χ0) is 28.7. The number of furan rings is 1. The van der Waals surface area contributed by atoms with Crippen molar-refractivity contribution >= 4 is 33.2 Å². The number of ether oxygens (including phenoxy) is 1. The molecule has 0 atom stereocenters. The molecule has 40 heavy (non-hydrogen) atoms. The number of rotatable bonds is 12. The number of carbonyl (C=O) groups excluding carboxylic acids is 1. The number of benzene rings is 2. The zero-order valence-corrected chi connectivity index (χ0v) is 23.0. The maximum Gasteiger partial charge on any atom is 0.289 e. The Labute approximate surface area is 235 Å². The Morgan fingerprint density at radius 3 is 2.48 bits per heavy atom. The molecular weight excluding hydrogens is 567 g/mol. The number of nitrogens with zero attached hydrogens (tertiary/aromatic N) is 4. The molecule has 0 N–H and O–H groups in total. The Morgan fingerprint density at radius 2 is 1.82 bits per heavy atom. The molecule has 0 saturated carbocycles. The van der Waals surface area contributed by atoms with Crippen LogP contribution in [-0.4, -0.2) is 79.3 Å². The van der Waals surface area contributed by atoms with E-state index < -0.39 is 38.9 Å². The SMILES string of the molecule is O=C(CN(CCN1CCOCC1)S(=O)(=O)c1ccc(Cl)c([N+](=O)[O-])c1)N(Cc1ccc(F)cc1)Cc1ccco1. The van der Waals surface area contributed by atoms with Gasteiger partial charge in [0.2, 0.25) is 15.9 Å². The number of amides is 1. The molecule has 1 aliphatic rings. The van der Waals surface area contributed by atoms with Gasteiger partial charge in [-0.3, -0.25) is 19.8 Å². The van der Waals surface area contributed by atoms with E-state index in [2.05, 4.69) is 0 Å². The van der Waals surface area contributed by atoms with Crippen molar-refractivity contribution in [3.8, 4) is 0 Å². The van der Waals surface area contributed by atoms with E-state index in [9.17, 15) is 27.7 Å². The fourth-order valence-electron chi connectivity index (χ4n) is 4.19. The van der Waals surface area contributed by atoms with Gasteiger partial charge in [0.05, 0.1) is 42.4 Å². The third-order valence-electron chi connectivity index (χ3n) is 6.40. The summed E-state index contributed by atoms with van der Waals surface area (Å²) in [5, 5.41) is 11.2. The van der Waals surface area contributed by atoms with Crippen LogP contribution in [0.4, 0.5) is 10.1 Å². The highest BCUT2D eigenvalue weighted by Crippen LogP contribution is 2.29. The van der Waals surface area contributed by atoms with E-state index in [1.165, 1.54) is 41.5 Å². The second kappa shape index (κ2) is 13.3. The summed E-state index contributed by atoms with van der Waals surface area (Å²) in [6.07, 6.45) is 1.46. The molecule has 0 radical (unpaired) electrons. The number of hydrogen-bond acceptors (Lipinski definition) is 8. The standard InChI is InChI=1S/C26H28ClFN4O7S/c27-24-8-7-23(16-25(24)32(34)35)40(36,37)31(10-9-29-11-14-38-15-12-29)19-26(33)30(18-22-2-1-13-39-22)17-20-3-5-21(28)6-4-20/h1-8,13,16H,9-12,14-15,17-19H2. The van der Waals surface area contributed by atoms with Crippen LogP contribution in [0.15, 0.2) is 70.2 Å². The molecule has 214 valence electrons. The average Bonchev–Trinajstić information content (AvgIpc) is 3.45. The van der Waals surface area contributed by atoms with Crippen molar-refractivity contribution < 1.29 is 31.7 Å². The maximum atomic E-state index is 13.7. The van der Waals surface area contributed by atoms with E-state index in [0.29, 0.717) is 44.2 Å². The van der Waals surface area contributed by atoms with Gasteiger partial charge in [-0.1, -0.05) is 23.7 Å². The van der Waals surface area contributed by atoms with Gasteiger partial charge in [-0.25, -0.2) is 12.8 Å². The van der Waals surface area contributed by atoms with Crippen LogP contribution in [0.25, 0.3) is 0 Å². The summed E-state index contributed by atoms with van der Waals surface area (Å²) in [6.45, 7) is 2.07. The molecule has 0 bridgehead atoms. The van der Waals surface area contributed by atoms with Gasteiger partial charge in [-0.05, 0) is 42.0 Å². The summed E-state index contributed by atoms with van der Waals surface area (Å²) >= 11 is 5.90. The normalized spacial score (nSPS) is 14.4. The number of hydrogen-bond donors (Lipinski definition) is 0. The van der Waals surface area contributed by atoms with Gasteiger partial charge >= 0.3 is 0 Å². The van der Waals surface area contributed by atoms with E-state index in [4.69, 9.17) is 20.8 Å². The molecule has 2 aromatic carbocycles. The van der Waals surface area contributed by atoms with Gasteiger partial charge in [0.1, 0.15) is 16.6 Å². The topological polar surface area (TPSA) is 126 Å². The van der Waals surface area contributed by atoms with E-state index in [1.54, 1.807) is 12.1 Å². The monoisotopic (exact) mass is 594 g/mol. The lowest BCUT2D eigenvalue weighted by Gasteiger charge is -2.31. The molecule has 1 aromatic heterocycles. The average molecular weight is 595 g/mol. The van der Waals surface area contributed by atoms with Crippen LogP contribution in [-0.2, 0) is 32.6 Å². The first-order valence-corrected chi connectivity index (χ1v) is 14.2. The summed E-state index contributed by atoms with van der Waals surface area (Å²) < 4.78 is 52.7. The van der Waals surface area contributed by atoms with Gasteiger partial charge in [0, 0.05) is 38.8 Å². The lowest BCUT2D eigenvalue weighted by atomic mass is 10.2. The molecule has 0 aliphatic carbocycles. The van der Waals surface area contributed by atoms with Crippen molar-refractivity contribution in [2.75, 3.05) is 45.9 Å². The Hall–Kier alpha value is -3.36. The lowest BCUT2D eigenvalue weighted by molar-refractivity contribution is -0.384. The van der Waals surface area contributed by atoms with Gasteiger partial charge in [-0.2, -0.15) is 4.31 Å². The number of nitro benzene ring substituents is 1. The minimum absolute atomic E-state index is 0.0460. The highest BCUT2D eigenvalue weighted by atomic mass is 35.5. The minimum atomic E-state index is -4.35. The van der Waals surface area contributed by atoms with Crippen molar-refractivity contribution in [2.24, 2.45) is 0 Å². The number of nitro groups is 1. The van der Waals surface area contributed by atoms with Gasteiger partial charge in [0.25, 0.3) is 5.69 Å². The second-order valence-electron chi connectivity index (χ2n) is 9.12. The summed E-state index contributed by atoms with van der Waals surface area (Å²) in [7, 11) is -4.35. The fourth-order valence-corrected chi connectivity index (χ4v) is 5.78. The van der Waals surface area contributed by atoms with Crippen molar-refractivity contribution in [3.05, 3.63) is 93.1 Å². The van der Waals surface area contributed by atoms with Crippen LogP contribution in [0, 0.1) is 15.9 Å². The summed E-state index contributed by atoms with van der Waals surface area (Å²) in [5.41, 5.74) is 0.0790. The molecule has 1 saturated heterocycles. The van der Waals surface area contributed by atoms with E-state index in [1.807, 2.05) is 4.90 Å². The first kappa shape index (κ1) is 29.6. The van der Waals surface area contributed by atoms with Crippen LogP contribution in [0.1, 0.15) is 11.3 Å². The molecule has 14 heteroatoms. The zero-order valence-electron chi connectivity index (χ0n) is 21.4. The molecule has 2 heterocycles. The first-order valence-electron chi connectivity index (χ1n) is 12.4. The molecule has 0 spiro atoms. The van der Waals surface area contributed by atoms with E-state index in [-0.39, 0.29) is 29.6 Å². The number of sulfonamides is 1. The smallest absolute Gasteiger partial charge is 0.289 e. The molecule has 4 rings (SSSR count). The lowest BCUT2D eigenvalue weighted by Crippen LogP contribution is -2.47. The predicted molar refractivity (Wildman–Crippen MR) is 143 cm³/mol. The minimum Gasteiger partial charge on any atom is -0.467 e. The van der Waals surface area contributed by atoms with Crippen LogP contribution < -0.4 is 0 Å². The fraction of sp³-hybridized carbons (Fsp3) is 0.346. The molecular formula is C26H28ClFN4O7S. The third kappa shape index (κ3) is 7.64. The van der Waals surface area contributed by atoms with Crippen LogP contribution in [0.2, 0.25) is 5.02 Å². The van der Waals surface area contributed by atoms with Gasteiger partial charge < -0.3 is 14.1 Å². The van der Waals surface area contributed by atoms with Crippen molar-refractivity contribution in [1.82, 2.24) is 14.1 Å². The van der Waals surface area contributed by atoms with Crippen molar-refractivity contribution in [2.45, 2.75) is 18.0 Å². The van der Waals surface area contributed by atoms with Gasteiger partial charge in [-0.15, -0.1) is 0 Å². The Kier molecular flexibility index (Phi) is 9.87. The molecule has 1 amide bonds. The van der Waals surface area contributed by atoms with Crippen molar-refractivity contribution in [1.29, 1.82) is 0 Å². The maximum absolute atomic E-state index is 13.7. The summed E-state index contributed by atoms with van der Waals surface area (Å²) in [4.78, 5) is 27.4. The number of morpholine rings is 1. The van der Waals surface area contributed by atoms with Crippen LogP contribution in [0.3, 0.4) is 0 Å². The Morgan fingerprint density at radius 1 is 1.10 bits per heavy atom. The summed E-state index contributed by atoms with van der Waals surface area (Å²) in [5.74, 6) is -0.480. The van der Waals surface area contributed by atoms with Crippen LogP contribution >= 0.6 is 11.6 Å². The Balaban J connectivity index is 1.62. The highest BCUT2D eigenvalue weighted by molar-refractivity contribution is 7.89. The number of halogens is 2. The molecule has 11 nitrogen and oxygen atoms in total. The molecule has 1 aliphatic heterocycles. The van der Waals surface area contributed by atoms with E-state index >= 15 is 0 Å². The second-order valence-corrected chi connectivity index (χ2v) is 11.5.